The Kier molecular flexibility index (Phi) is 3.02. The minimum Gasteiger partial charge on any atom is -0.495 e. The van der Waals surface area contributed by atoms with Crippen molar-refractivity contribution in [3.05, 3.63) is 11.6 Å². The van der Waals surface area contributed by atoms with E-state index in [2.05, 4.69) is 4.98 Å². The van der Waals surface area contributed by atoms with Crippen LogP contribution in [-0.4, -0.2) is 33.9 Å². The average molecular weight is 221 g/mol. The lowest BCUT2D eigenvalue weighted by Crippen LogP contribution is -2.04. The highest BCUT2D eigenvalue weighted by molar-refractivity contribution is 7.85. The number of hydrogen-bond donors (Lipinski definition) is 4. The van der Waals surface area contributed by atoms with E-state index in [1.54, 1.807) is 0 Å². The number of aromatic hydroxyl groups is 2. The zero-order chi connectivity index (χ0) is 10.8. The first-order valence-electron chi connectivity index (χ1n) is 3.93. The molecule has 0 aliphatic carbocycles. The Balaban J connectivity index is 2.50. The van der Waals surface area contributed by atoms with Gasteiger partial charge in [0.1, 0.15) is 0 Å². The number of aryl methyl sites for hydroxylation is 1. The number of H-pyrrole nitrogens is 1. The first kappa shape index (κ1) is 10.9. The number of aromatic nitrogens is 1. The monoisotopic (exact) mass is 221 g/mol. The van der Waals surface area contributed by atoms with Crippen LogP contribution in [0.25, 0.3) is 0 Å². The highest BCUT2D eigenvalue weighted by Crippen LogP contribution is 2.22. The van der Waals surface area contributed by atoms with E-state index >= 15 is 0 Å². The van der Waals surface area contributed by atoms with Crippen LogP contribution < -0.4 is 0 Å². The molecule has 1 rings (SSSR count). The summed E-state index contributed by atoms with van der Waals surface area (Å²) in [5.41, 5.74) is 0.422. The van der Waals surface area contributed by atoms with E-state index in [4.69, 9.17) is 14.8 Å². The van der Waals surface area contributed by atoms with Crippen molar-refractivity contribution < 1.29 is 23.2 Å². The Hall–Kier alpha value is -1.21. The van der Waals surface area contributed by atoms with Gasteiger partial charge in [0.2, 0.25) is 0 Å². The maximum Gasteiger partial charge on any atom is 0.264 e. The highest BCUT2D eigenvalue weighted by Gasteiger charge is 2.08. The summed E-state index contributed by atoms with van der Waals surface area (Å²) in [7, 11) is -3.95. The fourth-order valence-corrected chi connectivity index (χ4v) is 1.62. The lowest BCUT2D eigenvalue weighted by atomic mass is 10.2. The maximum atomic E-state index is 10.3. The summed E-state index contributed by atoms with van der Waals surface area (Å²) >= 11 is 0. The van der Waals surface area contributed by atoms with Crippen molar-refractivity contribution >= 4 is 10.1 Å². The normalized spacial score (nSPS) is 11.8. The summed E-state index contributed by atoms with van der Waals surface area (Å²) in [6.07, 6.45) is 0.451. The Morgan fingerprint density at radius 3 is 2.43 bits per heavy atom. The van der Waals surface area contributed by atoms with Crippen LogP contribution in [0.15, 0.2) is 6.07 Å². The molecule has 0 aliphatic rings. The van der Waals surface area contributed by atoms with Crippen molar-refractivity contribution in [3.8, 4) is 11.8 Å². The molecule has 1 aromatic rings. The third kappa shape index (κ3) is 3.27. The van der Waals surface area contributed by atoms with Crippen molar-refractivity contribution in [2.75, 3.05) is 5.75 Å². The number of hydrogen-bond acceptors (Lipinski definition) is 4. The van der Waals surface area contributed by atoms with Crippen LogP contribution in [0.2, 0.25) is 0 Å². The Labute approximate surface area is 81.0 Å². The van der Waals surface area contributed by atoms with Crippen LogP contribution in [0.5, 0.6) is 11.8 Å². The standard InChI is InChI=1S/C7H11NO5S/c9-6-4-5(7(10)8-6)2-1-3-14(11,12)13/h4,8-10H,1-3H2,(H,11,12,13). The van der Waals surface area contributed by atoms with E-state index in [0.29, 0.717) is 5.56 Å². The fraction of sp³-hybridized carbons (Fsp3) is 0.429. The van der Waals surface area contributed by atoms with Crippen LogP contribution in [0.1, 0.15) is 12.0 Å². The van der Waals surface area contributed by atoms with Gasteiger partial charge in [0, 0.05) is 11.6 Å². The van der Waals surface area contributed by atoms with E-state index < -0.39 is 10.1 Å². The average Bonchev–Trinajstić information content (AvgIpc) is 2.27. The van der Waals surface area contributed by atoms with Gasteiger partial charge in [-0.15, -0.1) is 0 Å². The van der Waals surface area contributed by atoms with Crippen molar-refractivity contribution in [2.24, 2.45) is 0 Å². The summed E-state index contributed by atoms with van der Waals surface area (Å²) in [6.45, 7) is 0. The predicted molar refractivity (Wildman–Crippen MR) is 48.9 cm³/mol. The van der Waals surface area contributed by atoms with Gasteiger partial charge >= 0.3 is 0 Å². The molecule has 1 aromatic heterocycles. The number of nitrogens with one attached hydrogen (secondary N) is 1. The molecular formula is C7H11NO5S. The number of rotatable bonds is 4. The molecule has 4 N–H and O–H groups in total. The second-order valence-corrected chi connectivity index (χ2v) is 4.49. The van der Waals surface area contributed by atoms with E-state index in [9.17, 15) is 8.42 Å². The van der Waals surface area contributed by atoms with Gasteiger partial charge in [-0.2, -0.15) is 8.42 Å². The first-order chi connectivity index (χ1) is 6.38. The molecule has 14 heavy (non-hydrogen) atoms. The second-order valence-electron chi connectivity index (χ2n) is 2.92. The lowest BCUT2D eigenvalue weighted by molar-refractivity contribution is 0.423. The smallest absolute Gasteiger partial charge is 0.264 e. The maximum absolute atomic E-state index is 10.3. The molecule has 0 radical (unpaired) electrons. The summed E-state index contributed by atoms with van der Waals surface area (Å²) < 4.78 is 29.1. The van der Waals surface area contributed by atoms with Crippen molar-refractivity contribution in [1.29, 1.82) is 0 Å². The molecule has 0 atom stereocenters. The van der Waals surface area contributed by atoms with Crippen LogP contribution in [0.3, 0.4) is 0 Å². The molecule has 0 saturated carbocycles. The summed E-state index contributed by atoms with van der Waals surface area (Å²) in [4.78, 5) is 2.25. The van der Waals surface area contributed by atoms with E-state index in [1.165, 1.54) is 6.07 Å². The topological polar surface area (TPSA) is 111 Å². The SMILES string of the molecule is O=S(=O)(O)CCCc1cc(O)[nH]c1O. The fourth-order valence-electron chi connectivity index (χ4n) is 1.11. The van der Waals surface area contributed by atoms with Gasteiger partial charge in [0.05, 0.1) is 5.75 Å². The van der Waals surface area contributed by atoms with Gasteiger partial charge in [-0.05, 0) is 12.8 Å². The highest BCUT2D eigenvalue weighted by atomic mass is 32.2. The van der Waals surface area contributed by atoms with Crippen molar-refractivity contribution in [1.82, 2.24) is 4.98 Å². The molecule has 0 bridgehead atoms. The molecule has 0 fully saturated rings. The van der Waals surface area contributed by atoms with Gasteiger partial charge in [-0.1, -0.05) is 0 Å². The quantitative estimate of drug-likeness (QED) is 0.544. The van der Waals surface area contributed by atoms with E-state index in [0.717, 1.165) is 0 Å². The molecular weight excluding hydrogens is 210 g/mol. The van der Waals surface area contributed by atoms with Crippen molar-refractivity contribution in [3.63, 3.8) is 0 Å². The summed E-state index contributed by atoms with van der Waals surface area (Å²) in [6, 6.07) is 1.30. The van der Waals surface area contributed by atoms with Gasteiger partial charge in [0.25, 0.3) is 10.1 Å². The van der Waals surface area contributed by atoms with Gasteiger partial charge in [-0.3, -0.25) is 9.54 Å². The zero-order valence-corrected chi connectivity index (χ0v) is 8.08. The third-order valence-corrected chi connectivity index (χ3v) is 2.51. The Morgan fingerprint density at radius 2 is 2.00 bits per heavy atom. The molecule has 6 nitrogen and oxygen atoms in total. The summed E-state index contributed by atoms with van der Waals surface area (Å²) in [5, 5.41) is 18.0. The Morgan fingerprint density at radius 1 is 1.36 bits per heavy atom. The van der Waals surface area contributed by atoms with Crippen LogP contribution in [0, 0.1) is 0 Å². The first-order valence-corrected chi connectivity index (χ1v) is 5.54. The molecule has 0 saturated heterocycles. The Bertz CT molecular complexity index is 408. The second kappa shape index (κ2) is 3.89. The molecule has 1 heterocycles. The predicted octanol–water partition coefficient (Wildman–Crippen LogP) is 0.246. The van der Waals surface area contributed by atoms with Gasteiger partial charge in [-0.25, -0.2) is 0 Å². The van der Waals surface area contributed by atoms with Gasteiger partial charge in [0.15, 0.2) is 11.8 Å². The lowest BCUT2D eigenvalue weighted by Gasteiger charge is -1.96. The molecule has 7 heteroatoms. The van der Waals surface area contributed by atoms with Crippen LogP contribution >= 0.6 is 0 Å². The zero-order valence-electron chi connectivity index (χ0n) is 7.27. The van der Waals surface area contributed by atoms with Crippen LogP contribution in [-0.2, 0) is 16.5 Å². The number of aromatic amines is 1. The van der Waals surface area contributed by atoms with Gasteiger partial charge < -0.3 is 10.2 Å². The van der Waals surface area contributed by atoms with E-state index in [1.807, 2.05) is 0 Å². The molecule has 0 aliphatic heterocycles. The molecule has 0 spiro atoms. The molecule has 0 amide bonds. The third-order valence-electron chi connectivity index (χ3n) is 1.71. The minimum atomic E-state index is -3.95. The molecule has 0 unspecified atom stereocenters. The summed E-state index contributed by atoms with van der Waals surface area (Å²) in [5.74, 6) is -0.722. The molecule has 80 valence electrons. The largest absolute Gasteiger partial charge is 0.495 e. The van der Waals surface area contributed by atoms with Crippen LogP contribution in [0.4, 0.5) is 0 Å². The van der Waals surface area contributed by atoms with E-state index in [-0.39, 0.29) is 30.4 Å². The van der Waals surface area contributed by atoms with Crippen molar-refractivity contribution in [2.45, 2.75) is 12.8 Å². The minimum absolute atomic E-state index is 0.177. The molecule has 0 aromatic carbocycles.